The zero-order chi connectivity index (χ0) is 6.91. The molecule has 4 heteroatoms. The summed E-state index contributed by atoms with van der Waals surface area (Å²) < 4.78 is 0. The molecule has 0 atom stereocenters. The van der Waals surface area contributed by atoms with Crippen molar-refractivity contribution in [1.29, 1.82) is 0 Å². The fraction of sp³-hybridized carbons (Fsp3) is 0.600. The Bertz CT molecular complexity index is 150. The standard InChI is InChI=1S/C5H6NO3/c7-3-6-5(1-2-5)4(8)9/h1-2H2,(H,6,7)(H,8,9). The highest BCUT2D eigenvalue weighted by Gasteiger charge is 2.50. The van der Waals surface area contributed by atoms with Crippen molar-refractivity contribution in [3.8, 4) is 0 Å². The average Bonchev–Trinajstić information content (AvgIpc) is 2.49. The predicted octanol–water partition coefficient (Wildman–Crippen LogP) is -0.740. The lowest BCUT2D eigenvalue weighted by molar-refractivity contribution is -0.140. The van der Waals surface area contributed by atoms with E-state index in [1.165, 1.54) is 6.41 Å². The molecule has 49 valence electrons. The summed E-state index contributed by atoms with van der Waals surface area (Å²) in [4.78, 5) is 19.9. The van der Waals surface area contributed by atoms with Crippen molar-refractivity contribution in [3.63, 3.8) is 0 Å². The second kappa shape index (κ2) is 1.72. The third-order valence-corrected chi connectivity index (χ3v) is 1.45. The van der Waals surface area contributed by atoms with Gasteiger partial charge in [-0.2, -0.15) is 0 Å². The van der Waals surface area contributed by atoms with Crippen LogP contribution in [0.3, 0.4) is 0 Å². The minimum Gasteiger partial charge on any atom is -0.480 e. The Hall–Kier alpha value is -1.06. The third-order valence-electron chi connectivity index (χ3n) is 1.45. The first kappa shape index (κ1) is 6.07. The smallest absolute Gasteiger partial charge is 0.329 e. The molecule has 1 saturated carbocycles. The van der Waals surface area contributed by atoms with E-state index >= 15 is 0 Å². The molecule has 0 aliphatic heterocycles. The quantitative estimate of drug-likeness (QED) is 0.492. The van der Waals surface area contributed by atoms with Gasteiger partial charge in [-0.1, -0.05) is 0 Å². The molecule has 0 aromatic rings. The van der Waals surface area contributed by atoms with E-state index in [9.17, 15) is 9.59 Å². The van der Waals surface area contributed by atoms with Crippen molar-refractivity contribution < 1.29 is 14.7 Å². The summed E-state index contributed by atoms with van der Waals surface area (Å²) in [6.07, 6.45) is 2.42. The number of carbonyl (C=O) groups excluding carboxylic acids is 1. The van der Waals surface area contributed by atoms with E-state index in [0.29, 0.717) is 12.8 Å². The second-order valence-corrected chi connectivity index (χ2v) is 2.11. The SMILES string of the molecule is O=[C]NC1(C(=O)O)CC1. The number of carboxylic acid groups (broad SMARTS) is 1. The molecule has 2 N–H and O–H groups in total. The summed E-state index contributed by atoms with van der Waals surface area (Å²) in [5, 5.41) is 10.5. The summed E-state index contributed by atoms with van der Waals surface area (Å²) >= 11 is 0. The first-order chi connectivity index (χ1) is 4.21. The van der Waals surface area contributed by atoms with Crippen LogP contribution in [0, 0.1) is 0 Å². The monoisotopic (exact) mass is 128 g/mol. The van der Waals surface area contributed by atoms with Gasteiger partial charge in [-0.3, -0.25) is 4.79 Å². The van der Waals surface area contributed by atoms with Crippen LogP contribution in [0.25, 0.3) is 0 Å². The van der Waals surface area contributed by atoms with Gasteiger partial charge in [0.1, 0.15) is 5.54 Å². The number of hydrogen-bond donors (Lipinski definition) is 2. The normalized spacial score (nSPS) is 20.4. The van der Waals surface area contributed by atoms with Crippen molar-refractivity contribution in [2.45, 2.75) is 18.4 Å². The predicted molar refractivity (Wildman–Crippen MR) is 28.4 cm³/mol. The minimum absolute atomic E-state index is 0.525. The van der Waals surface area contributed by atoms with Crippen LogP contribution in [-0.4, -0.2) is 23.0 Å². The highest BCUT2D eigenvalue weighted by molar-refractivity contribution is 5.84. The fourth-order valence-electron chi connectivity index (χ4n) is 0.615. The molecule has 0 heterocycles. The molecular weight excluding hydrogens is 122 g/mol. The van der Waals surface area contributed by atoms with E-state index in [1.54, 1.807) is 0 Å². The number of hydrogen-bond acceptors (Lipinski definition) is 2. The number of carboxylic acids is 1. The van der Waals surface area contributed by atoms with E-state index in [-0.39, 0.29) is 0 Å². The van der Waals surface area contributed by atoms with Gasteiger partial charge in [0.25, 0.3) is 0 Å². The Morgan fingerprint density at radius 3 is 2.33 bits per heavy atom. The Labute approximate surface area is 51.9 Å². The van der Waals surface area contributed by atoms with Crippen LogP contribution in [0.5, 0.6) is 0 Å². The number of aliphatic carboxylic acids is 1. The lowest BCUT2D eigenvalue weighted by atomic mass is 10.3. The lowest BCUT2D eigenvalue weighted by Crippen LogP contribution is -2.37. The van der Waals surface area contributed by atoms with Crippen LogP contribution in [0.15, 0.2) is 0 Å². The Morgan fingerprint density at radius 1 is 1.67 bits per heavy atom. The van der Waals surface area contributed by atoms with Gasteiger partial charge in [0.2, 0.25) is 0 Å². The molecule has 1 radical (unpaired) electrons. The van der Waals surface area contributed by atoms with Crippen LogP contribution in [0.1, 0.15) is 12.8 Å². The number of amides is 1. The van der Waals surface area contributed by atoms with Crippen molar-refractivity contribution >= 4 is 12.4 Å². The molecule has 1 rings (SSSR count). The zero-order valence-electron chi connectivity index (χ0n) is 4.68. The highest BCUT2D eigenvalue weighted by atomic mass is 16.4. The van der Waals surface area contributed by atoms with Crippen LogP contribution < -0.4 is 5.32 Å². The maximum absolute atomic E-state index is 10.2. The van der Waals surface area contributed by atoms with Crippen LogP contribution in [0.2, 0.25) is 0 Å². The zero-order valence-corrected chi connectivity index (χ0v) is 4.68. The van der Waals surface area contributed by atoms with Crippen LogP contribution in [0.4, 0.5) is 0 Å². The van der Waals surface area contributed by atoms with Crippen molar-refractivity contribution in [3.05, 3.63) is 0 Å². The van der Waals surface area contributed by atoms with E-state index < -0.39 is 11.5 Å². The molecule has 1 aliphatic carbocycles. The van der Waals surface area contributed by atoms with Gasteiger partial charge < -0.3 is 10.4 Å². The van der Waals surface area contributed by atoms with Gasteiger partial charge in [-0.05, 0) is 12.8 Å². The summed E-state index contributed by atoms with van der Waals surface area (Å²) in [5.74, 6) is -0.967. The molecule has 0 aromatic heterocycles. The molecule has 1 fully saturated rings. The summed E-state index contributed by atoms with van der Waals surface area (Å²) in [6, 6.07) is 0. The first-order valence-corrected chi connectivity index (χ1v) is 2.59. The second-order valence-electron chi connectivity index (χ2n) is 2.11. The molecule has 4 nitrogen and oxygen atoms in total. The summed E-state index contributed by atoms with van der Waals surface area (Å²) in [5.41, 5.74) is -0.957. The van der Waals surface area contributed by atoms with Gasteiger partial charge in [0.15, 0.2) is 0 Å². The minimum atomic E-state index is -0.967. The van der Waals surface area contributed by atoms with Crippen molar-refractivity contribution in [1.82, 2.24) is 5.32 Å². The number of rotatable bonds is 3. The molecular formula is C5H6NO3. The lowest BCUT2D eigenvalue weighted by Gasteiger charge is -2.04. The van der Waals surface area contributed by atoms with Gasteiger partial charge in [0.05, 0.1) is 0 Å². The Morgan fingerprint density at radius 2 is 2.22 bits per heavy atom. The first-order valence-electron chi connectivity index (χ1n) is 2.59. The van der Waals surface area contributed by atoms with E-state index in [2.05, 4.69) is 5.32 Å². The molecule has 0 spiro atoms. The third kappa shape index (κ3) is 0.872. The average molecular weight is 128 g/mol. The molecule has 0 saturated heterocycles. The Kier molecular flexibility index (Phi) is 1.16. The van der Waals surface area contributed by atoms with Crippen LogP contribution in [-0.2, 0) is 9.59 Å². The number of carbonyl (C=O) groups is 1. The van der Waals surface area contributed by atoms with Gasteiger partial charge in [0, 0.05) is 0 Å². The van der Waals surface area contributed by atoms with E-state index in [1.807, 2.05) is 0 Å². The molecule has 0 unspecified atom stereocenters. The Balaban J connectivity index is 2.52. The van der Waals surface area contributed by atoms with Gasteiger partial charge >= 0.3 is 12.4 Å². The van der Waals surface area contributed by atoms with E-state index in [0.717, 1.165) is 0 Å². The molecule has 9 heavy (non-hydrogen) atoms. The van der Waals surface area contributed by atoms with Crippen LogP contribution >= 0.6 is 0 Å². The molecule has 0 bridgehead atoms. The fourth-order valence-corrected chi connectivity index (χ4v) is 0.615. The summed E-state index contributed by atoms with van der Waals surface area (Å²) in [6.45, 7) is 0. The van der Waals surface area contributed by atoms with Crippen molar-refractivity contribution in [2.75, 3.05) is 0 Å². The molecule has 0 aromatic carbocycles. The highest BCUT2D eigenvalue weighted by Crippen LogP contribution is 2.34. The largest absolute Gasteiger partial charge is 0.480 e. The maximum Gasteiger partial charge on any atom is 0.329 e. The summed E-state index contributed by atoms with van der Waals surface area (Å²) in [7, 11) is 0. The number of nitrogens with one attached hydrogen (secondary N) is 1. The maximum atomic E-state index is 10.2. The van der Waals surface area contributed by atoms with Crippen molar-refractivity contribution in [2.24, 2.45) is 0 Å². The van der Waals surface area contributed by atoms with Gasteiger partial charge in [-0.15, -0.1) is 0 Å². The van der Waals surface area contributed by atoms with E-state index in [4.69, 9.17) is 5.11 Å². The van der Waals surface area contributed by atoms with Gasteiger partial charge in [-0.25, -0.2) is 4.79 Å². The molecule has 1 amide bonds. The molecule has 1 aliphatic rings. The topological polar surface area (TPSA) is 66.4 Å².